The molecule has 3 heterocycles. The number of hydrogen-bond donors (Lipinski definition) is 1. The second kappa shape index (κ2) is 7.60. The Morgan fingerprint density at radius 2 is 1.79 bits per heavy atom. The summed E-state index contributed by atoms with van der Waals surface area (Å²) in [5, 5.41) is 12.7. The van der Waals surface area contributed by atoms with Crippen LogP contribution in [0.1, 0.15) is 23.3 Å². The quantitative estimate of drug-likeness (QED) is 0.468. The number of benzene rings is 2. The average Bonchev–Trinajstić information content (AvgIpc) is 3.12. The number of aryl methyl sites for hydroxylation is 1. The monoisotopic (exact) mass is 402 g/mol. The lowest BCUT2D eigenvalue weighted by Crippen LogP contribution is -2.16. The van der Waals surface area contributed by atoms with E-state index in [2.05, 4.69) is 32.6 Å². The molecule has 2 aromatic carbocycles. The molecule has 7 heteroatoms. The molecule has 1 atom stereocenters. The number of aromatic nitrogens is 3. The van der Waals surface area contributed by atoms with Crippen molar-refractivity contribution in [2.75, 3.05) is 5.32 Å². The van der Waals surface area contributed by atoms with E-state index in [0.29, 0.717) is 22.5 Å². The molecule has 2 aromatic heterocycles. The van der Waals surface area contributed by atoms with E-state index in [1.807, 2.05) is 61.5 Å². The van der Waals surface area contributed by atoms with Crippen LogP contribution in [0.3, 0.4) is 0 Å². The first-order valence-electron chi connectivity index (χ1n) is 9.26. The highest BCUT2D eigenvalue weighted by Gasteiger charge is 2.27. The molecule has 0 aliphatic carbocycles. The molecule has 4 aromatic rings. The fraction of sp³-hybridized carbons (Fsp3) is 0.136. The van der Waals surface area contributed by atoms with Crippen LogP contribution in [0.2, 0.25) is 0 Å². The van der Waals surface area contributed by atoms with Gasteiger partial charge in [-0.2, -0.15) is 4.98 Å². The minimum Gasteiger partial charge on any atom is -0.460 e. The molecule has 1 aliphatic heterocycles. The van der Waals surface area contributed by atoms with E-state index in [1.54, 1.807) is 0 Å². The number of nitrogens with one attached hydrogen (secondary N) is 1. The molecule has 0 amide bonds. The third kappa shape index (κ3) is 3.69. The highest BCUT2D eigenvalue weighted by molar-refractivity contribution is 7.98. The third-order valence-corrected chi connectivity index (χ3v) is 5.47. The number of thioether (sulfide) groups is 1. The van der Waals surface area contributed by atoms with E-state index < -0.39 is 6.23 Å². The Morgan fingerprint density at radius 3 is 2.62 bits per heavy atom. The zero-order valence-corrected chi connectivity index (χ0v) is 16.5. The maximum atomic E-state index is 6.20. The van der Waals surface area contributed by atoms with Crippen molar-refractivity contribution in [2.45, 2.75) is 24.1 Å². The van der Waals surface area contributed by atoms with Gasteiger partial charge in [-0.25, -0.2) is 0 Å². The molecule has 1 unspecified atom stereocenters. The van der Waals surface area contributed by atoms with Crippen LogP contribution in [-0.2, 0) is 5.75 Å². The molecule has 0 saturated carbocycles. The van der Waals surface area contributed by atoms with Crippen LogP contribution < -0.4 is 10.1 Å². The molecule has 0 spiro atoms. The summed E-state index contributed by atoms with van der Waals surface area (Å²) in [5.41, 5.74) is 3.61. The van der Waals surface area contributed by atoms with Crippen molar-refractivity contribution in [1.29, 1.82) is 0 Å². The van der Waals surface area contributed by atoms with E-state index in [-0.39, 0.29) is 0 Å². The summed E-state index contributed by atoms with van der Waals surface area (Å²) in [6.45, 7) is 1.91. The van der Waals surface area contributed by atoms with Gasteiger partial charge in [-0.05, 0) is 30.7 Å². The van der Waals surface area contributed by atoms with Gasteiger partial charge in [0.15, 0.2) is 11.5 Å². The molecule has 0 fully saturated rings. The number of para-hydroxylation sites is 1. The van der Waals surface area contributed by atoms with Crippen LogP contribution in [0.25, 0.3) is 11.3 Å². The molecule has 29 heavy (non-hydrogen) atoms. The van der Waals surface area contributed by atoms with Gasteiger partial charge in [-0.15, -0.1) is 10.2 Å². The van der Waals surface area contributed by atoms with Crippen molar-refractivity contribution in [2.24, 2.45) is 0 Å². The lowest BCUT2D eigenvalue weighted by atomic mass is 10.1. The topological polar surface area (TPSA) is 73.1 Å². The lowest BCUT2D eigenvalue weighted by Gasteiger charge is -2.16. The van der Waals surface area contributed by atoms with Crippen molar-refractivity contribution >= 4 is 17.4 Å². The fourth-order valence-corrected chi connectivity index (χ4v) is 3.89. The van der Waals surface area contributed by atoms with Gasteiger partial charge in [0.1, 0.15) is 5.76 Å². The highest BCUT2D eigenvalue weighted by Crippen LogP contribution is 2.39. The second-order valence-corrected chi connectivity index (χ2v) is 7.60. The van der Waals surface area contributed by atoms with Crippen molar-refractivity contribution in [3.63, 3.8) is 0 Å². The smallest absolute Gasteiger partial charge is 0.247 e. The summed E-state index contributed by atoms with van der Waals surface area (Å²) in [6, 6.07) is 21.9. The molecule has 0 bridgehead atoms. The Balaban J connectivity index is 1.50. The number of ether oxygens (including phenoxy) is 1. The molecule has 5 rings (SSSR count). The van der Waals surface area contributed by atoms with Gasteiger partial charge in [0.05, 0.1) is 0 Å². The summed E-state index contributed by atoms with van der Waals surface area (Å²) in [7, 11) is 0. The van der Waals surface area contributed by atoms with Crippen LogP contribution in [0.15, 0.2) is 76.3 Å². The summed E-state index contributed by atoms with van der Waals surface area (Å²) in [4.78, 5) is 4.66. The third-order valence-electron chi connectivity index (χ3n) is 4.56. The van der Waals surface area contributed by atoms with Gasteiger partial charge >= 0.3 is 0 Å². The van der Waals surface area contributed by atoms with Gasteiger partial charge < -0.3 is 14.5 Å². The first-order chi connectivity index (χ1) is 14.3. The molecule has 1 aliphatic rings. The van der Waals surface area contributed by atoms with Crippen molar-refractivity contribution in [3.8, 4) is 17.1 Å². The van der Waals surface area contributed by atoms with Crippen molar-refractivity contribution in [1.82, 2.24) is 15.2 Å². The minimum atomic E-state index is -0.505. The molecule has 144 valence electrons. The maximum Gasteiger partial charge on any atom is 0.247 e. The van der Waals surface area contributed by atoms with E-state index in [0.717, 1.165) is 22.8 Å². The summed E-state index contributed by atoms with van der Waals surface area (Å²) in [6.07, 6.45) is -0.505. The largest absolute Gasteiger partial charge is 0.460 e. The molecular formula is C22H18N4O2S. The SMILES string of the molecule is Cc1ccc(C2Nc3ccccc3-c3nnc(SCc4ccccc4)nc3O2)o1. The predicted octanol–water partition coefficient (Wildman–Crippen LogP) is 5.24. The van der Waals surface area contributed by atoms with Crippen molar-refractivity contribution in [3.05, 3.63) is 83.8 Å². The van der Waals surface area contributed by atoms with Gasteiger partial charge in [0, 0.05) is 17.0 Å². The van der Waals surface area contributed by atoms with Gasteiger partial charge in [-0.1, -0.05) is 60.3 Å². The first-order valence-corrected chi connectivity index (χ1v) is 10.3. The minimum absolute atomic E-state index is 0.437. The zero-order chi connectivity index (χ0) is 19.6. The molecule has 0 saturated heterocycles. The van der Waals surface area contributed by atoms with Crippen LogP contribution in [-0.4, -0.2) is 15.2 Å². The molecular weight excluding hydrogens is 384 g/mol. The Labute approximate surface area is 172 Å². The number of furan rings is 1. The van der Waals surface area contributed by atoms with Crippen LogP contribution in [0.4, 0.5) is 5.69 Å². The van der Waals surface area contributed by atoms with E-state index in [1.165, 1.54) is 17.3 Å². The molecule has 6 nitrogen and oxygen atoms in total. The fourth-order valence-electron chi connectivity index (χ4n) is 3.15. The maximum absolute atomic E-state index is 6.20. The number of rotatable bonds is 4. The highest BCUT2D eigenvalue weighted by atomic mass is 32.2. The summed E-state index contributed by atoms with van der Waals surface area (Å²) in [5.74, 6) is 2.70. The second-order valence-electron chi connectivity index (χ2n) is 6.66. The predicted molar refractivity (Wildman–Crippen MR) is 112 cm³/mol. The molecule has 0 radical (unpaired) electrons. The summed E-state index contributed by atoms with van der Waals surface area (Å²) < 4.78 is 12.0. The van der Waals surface area contributed by atoms with E-state index in [9.17, 15) is 0 Å². The lowest BCUT2D eigenvalue weighted by molar-refractivity contribution is 0.194. The number of nitrogens with zero attached hydrogens (tertiary/aromatic N) is 3. The Kier molecular flexibility index (Phi) is 4.65. The Bertz CT molecular complexity index is 1150. The first kappa shape index (κ1) is 17.8. The standard InChI is InChI=1S/C22H18N4O2S/c1-14-11-12-18(27-14)20-23-17-10-6-5-9-16(17)19-21(28-20)24-22(26-25-19)29-13-15-7-3-2-4-8-15/h2-12,20,23H,13H2,1H3. The van der Waals surface area contributed by atoms with Gasteiger partial charge in [0.2, 0.25) is 17.3 Å². The Hall–Kier alpha value is -3.32. The number of anilines is 1. The Morgan fingerprint density at radius 1 is 0.966 bits per heavy atom. The normalized spacial score (nSPS) is 14.9. The number of hydrogen-bond acceptors (Lipinski definition) is 7. The van der Waals surface area contributed by atoms with Crippen LogP contribution in [0, 0.1) is 6.92 Å². The van der Waals surface area contributed by atoms with Gasteiger partial charge in [0.25, 0.3) is 0 Å². The van der Waals surface area contributed by atoms with Gasteiger partial charge in [-0.3, -0.25) is 0 Å². The van der Waals surface area contributed by atoms with Crippen molar-refractivity contribution < 1.29 is 9.15 Å². The molecule has 1 N–H and O–H groups in total. The zero-order valence-electron chi connectivity index (χ0n) is 15.7. The number of fused-ring (bicyclic) bond motifs is 3. The van der Waals surface area contributed by atoms with Crippen LogP contribution >= 0.6 is 11.8 Å². The van der Waals surface area contributed by atoms with Crippen LogP contribution in [0.5, 0.6) is 5.88 Å². The average molecular weight is 402 g/mol. The van der Waals surface area contributed by atoms with E-state index in [4.69, 9.17) is 9.15 Å². The summed E-state index contributed by atoms with van der Waals surface area (Å²) >= 11 is 1.53. The van der Waals surface area contributed by atoms with E-state index >= 15 is 0 Å².